The van der Waals surface area contributed by atoms with Crippen molar-refractivity contribution in [1.29, 1.82) is 5.26 Å². The predicted octanol–water partition coefficient (Wildman–Crippen LogP) is 2.48. The lowest BCUT2D eigenvalue weighted by molar-refractivity contribution is 0.229. The van der Waals surface area contributed by atoms with Crippen molar-refractivity contribution in [2.45, 2.75) is 19.3 Å². The third-order valence-electron chi connectivity index (χ3n) is 2.93. The minimum Gasteiger partial charge on any atom is -0.488 e. The highest BCUT2D eigenvalue weighted by atomic mass is 19.1. The van der Waals surface area contributed by atoms with Crippen LogP contribution in [0.25, 0.3) is 0 Å². The molecule has 84 valence electrons. The number of nitriles is 1. The van der Waals surface area contributed by atoms with Crippen LogP contribution in [0.4, 0.5) is 10.1 Å². The van der Waals surface area contributed by atoms with Crippen LogP contribution in [0.5, 0.6) is 5.75 Å². The Hall–Kier alpha value is -1.76. The van der Waals surface area contributed by atoms with Crippen LogP contribution < -0.4 is 10.5 Å². The molecule has 0 spiro atoms. The Kier molecular flexibility index (Phi) is 2.69. The highest BCUT2D eigenvalue weighted by Crippen LogP contribution is 2.49. The monoisotopic (exact) mass is 220 g/mol. The summed E-state index contributed by atoms with van der Waals surface area (Å²) in [4.78, 5) is 0. The van der Waals surface area contributed by atoms with Gasteiger partial charge in [-0.2, -0.15) is 5.26 Å². The number of nitrogen functional groups attached to an aromatic ring is 1. The van der Waals surface area contributed by atoms with Gasteiger partial charge in [0.05, 0.1) is 18.4 Å². The van der Waals surface area contributed by atoms with Crippen LogP contribution in [0.3, 0.4) is 0 Å². The Morgan fingerprint density at radius 1 is 1.50 bits per heavy atom. The molecule has 1 aromatic rings. The van der Waals surface area contributed by atoms with Crippen LogP contribution >= 0.6 is 0 Å². The van der Waals surface area contributed by atoms with Gasteiger partial charge in [-0.1, -0.05) is 6.07 Å². The van der Waals surface area contributed by atoms with Crippen molar-refractivity contribution in [3.05, 3.63) is 24.0 Å². The third-order valence-corrected chi connectivity index (χ3v) is 2.93. The largest absolute Gasteiger partial charge is 0.488 e. The molecule has 1 fully saturated rings. The normalized spacial score (nSPS) is 16.5. The smallest absolute Gasteiger partial charge is 0.177 e. The fourth-order valence-corrected chi connectivity index (χ4v) is 1.62. The molecule has 0 aromatic heterocycles. The molecule has 0 unspecified atom stereocenters. The first-order chi connectivity index (χ1) is 7.67. The second kappa shape index (κ2) is 4.01. The van der Waals surface area contributed by atoms with E-state index in [2.05, 4.69) is 6.07 Å². The van der Waals surface area contributed by atoms with E-state index in [0.29, 0.717) is 18.7 Å². The molecule has 4 heteroatoms. The zero-order valence-corrected chi connectivity index (χ0v) is 8.87. The topological polar surface area (TPSA) is 59.0 Å². The standard InChI is InChI=1S/C12H13FN2O/c13-9-2-1-3-10(15)11(9)16-8-12(4-5-12)6-7-14/h1-3H,4-6,8,15H2. The van der Waals surface area contributed by atoms with Gasteiger partial charge in [0.25, 0.3) is 0 Å². The zero-order chi connectivity index (χ0) is 11.6. The molecule has 0 bridgehead atoms. The van der Waals surface area contributed by atoms with Crippen molar-refractivity contribution >= 4 is 5.69 Å². The first kappa shape index (κ1) is 10.7. The van der Waals surface area contributed by atoms with Crippen molar-refractivity contribution in [1.82, 2.24) is 0 Å². The Bertz CT molecular complexity index is 415. The van der Waals surface area contributed by atoms with Crippen LogP contribution in [-0.4, -0.2) is 6.61 Å². The summed E-state index contributed by atoms with van der Waals surface area (Å²) >= 11 is 0. The van der Waals surface area contributed by atoms with E-state index in [-0.39, 0.29) is 11.2 Å². The van der Waals surface area contributed by atoms with Crippen LogP contribution in [0.2, 0.25) is 0 Å². The van der Waals surface area contributed by atoms with Crippen molar-refractivity contribution in [3.8, 4) is 11.8 Å². The molecule has 1 aliphatic rings. The number of benzene rings is 1. The summed E-state index contributed by atoms with van der Waals surface area (Å²) in [5.74, 6) is -0.348. The second-order valence-corrected chi connectivity index (χ2v) is 4.28. The van der Waals surface area contributed by atoms with Crippen molar-refractivity contribution in [2.24, 2.45) is 5.41 Å². The van der Waals surface area contributed by atoms with E-state index < -0.39 is 5.82 Å². The number of rotatable bonds is 4. The Labute approximate surface area is 93.6 Å². The Morgan fingerprint density at radius 2 is 2.25 bits per heavy atom. The van der Waals surface area contributed by atoms with Crippen molar-refractivity contribution in [2.75, 3.05) is 12.3 Å². The number of anilines is 1. The third kappa shape index (κ3) is 2.08. The number of ether oxygens (including phenoxy) is 1. The van der Waals surface area contributed by atoms with Crippen molar-refractivity contribution in [3.63, 3.8) is 0 Å². The van der Waals surface area contributed by atoms with Gasteiger partial charge in [0, 0.05) is 11.8 Å². The fourth-order valence-electron chi connectivity index (χ4n) is 1.62. The number of nitrogens with two attached hydrogens (primary N) is 1. The van der Waals surface area contributed by atoms with E-state index in [9.17, 15) is 4.39 Å². The van der Waals surface area contributed by atoms with Gasteiger partial charge in [0.2, 0.25) is 0 Å². The summed E-state index contributed by atoms with van der Waals surface area (Å²) < 4.78 is 18.8. The number of hydrogen-bond acceptors (Lipinski definition) is 3. The summed E-state index contributed by atoms with van der Waals surface area (Å²) in [5, 5.41) is 8.64. The molecule has 1 saturated carbocycles. The molecule has 3 nitrogen and oxygen atoms in total. The fraction of sp³-hybridized carbons (Fsp3) is 0.417. The number of para-hydroxylation sites is 1. The molecular weight excluding hydrogens is 207 g/mol. The van der Waals surface area contributed by atoms with Gasteiger partial charge in [-0.25, -0.2) is 4.39 Å². The minimum atomic E-state index is -0.451. The second-order valence-electron chi connectivity index (χ2n) is 4.28. The zero-order valence-electron chi connectivity index (χ0n) is 8.87. The molecule has 0 heterocycles. The highest BCUT2D eigenvalue weighted by Gasteiger charge is 2.43. The number of hydrogen-bond donors (Lipinski definition) is 1. The molecule has 0 radical (unpaired) electrons. The quantitative estimate of drug-likeness (QED) is 0.793. The molecule has 2 rings (SSSR count). The SMILES string of the molecule is N#CCC1(COc2c(N)cccc2F)CC1. The van der Waals surface area contributed by atoms with Crippen LogP contribution in [0.15, 0.2) is 18.2 Å². The molecule has 0 aliphatic heterocycles. The average molecular weight is 220 g/mol. The lowest BCUT2D eigenvalue weighted by Gasteiger charge is -2.14. The van der Waals surface area contributed by atoms with E-state index >= 15 is 0 Å². The summed E-state index contributed by atoms with van der Waals surface area (Å²) in [6, 6.07) is 6.59. The molecule has 2 N–H and O–H groups in total. The summed E-state index contributed by atoms with van der Waals surface area (Å²) in [6.07, 6.45) is 2.39. The van der Waals surface area contributed by atoms with Gasteiger partial charge in [-0.3, -0.25) is 0 Å². The first-order valence-electron chi connectivity index (χ1n) is 5.21. The van der Waals surface area contributed by atoms with Crippen LogP contribution in [0, 0.1) is 22.6 Å². The summed E-state index contributed by atoms with van der Waals surface area (Å²) in [7, 11) is 0. The summed E-state index contributed by atoms with van der Waals surface area (Å²) in [6.45, 7) is 0.367. The maximum absolute atomic E-state index is 13.4. The first-order valence-corrected chi connectivity index (χ1v) is 5.21. The van der Waals surface area contributed by atoms with Gasteiger partial charge in [-0.15, -0.1) is 0 Å². The Balaban J connectivity index is 2.03. The number of halogens is 1. The van der Waals surface area contributed by atoms with Crippen molar-refractivity contribution < 1.29 is 9.13 Å². The maximum atomic E-state index is 13.4. The maximum Gasteiger partial charge on any atom is 0.177 e. The highest BCUT2D eigenvalue weighted by molar-refractivity contribution is 5.52. The molecule has 0 amide bonds. The summed E-state index contributed by atoms with van der Waals surface area (Å²) in [5.41, 5.74) is 5.85. The predicted molar refractivity (Wildman–Crippen MR) is 58.2 cm³/mol. The molecular formula is C12H13FN2O. The van der Waals surface area contributed by atoms with E-state index in [4.69, 9.17) is 15.7 Å². The van der Waals surface area contributed by atoms with Gasteiger partial charge in [0.1, 0.15) is 0 Å². The van der Waals surface area contributed by atoms with E-state index in [1.165, 1.54) is 6.07 Å². The lowest BCUT2D eigenvalue weighted by atomic mass is 10.1. The Morgan fingerprint density at radius 3 is 2.81 bits per heavy atom. The molecule has 0 atom stereocenters. The lowest BCUT2D eigenvalue weighted by Crippen LogP contribution is -2.13. The van der Waals surface area contributed by atoms with Gasteiger partial charge < -0.3 is 10.5 Å². The minimum absolute atomic E-state index is 0.0660. The molecule has 1 aromatic carbocycles. The number of nitrogens with zero attached hydrogens (tertiary/aromatic N) is 1. The van der Waals surface area contributed by atoms with Crippen LogP contribution in [0.1, 0.15) is 19.3 Å². The van der Waals surface area contributed by atoms with E-state index in [1.54, 1.807) is 12.1 Å². The van der Waals surface area contributed by atoms with Gasteiger partial charge in [-0.05, 0) is 25.0 Å². The molecule has 1 aliphatic carbocycles. The van der Waals surface area contributed by atoms with Gasteiger partial charge >= 0.3 is 0 Å². The van der Waals surface area contributed by atoms with E-state index in [1.807, 2.05) is 0 Å². The molecule has 16 heavy (non-hydrogen) atoms. The molecule has 0 saturated heterocycles. The average Bonchev–Trinajstić information content (AvgIpc) is 2.98. The van der Waals surface area contributed by atoms with Gasteiger partial charge in [0.15, 0.2) is 11.6 Å². The van der Waals surface area contributed by atoms with Crippen LogP contribution in [-0.2, 0) is 0 Å². The van der Waals surface area contributed by atoms with E-state index in [0.717, 1.165) is 12.8 Å².